The normalized spacial score (nSPS) is 38.3. The van der Waals surface area contributed by atoms with E-state index in [2.05, 4.69) is 47.2 Å². The Hall–Kier alpha value is -7.12. The van der Waals surface area contributed by atoms with Crippen molar-refractivity contribution in [3.05, 3.63) is 65.7 Å². The highest BCUT2D eigenvalue weighted by Gasteiger charge is 2.56. The molecule has 542 valence electrons. The molecular formula is C61H88N12O25. The molecule has 2 aromatic carbocycles. The fourth-order valence-corrected chi connectivity index (χ4v) is 13.4. The third kappa shape index (κ3) is 16.4. The molecule has 6 fully saturated rings. The lowest BCUT2D eigenvalue weighted by molar-refractivity contribution is -0.386. The molecule has 23 N–H and O–H groups in total. The molecule has 6 amide bonds. The zero-order chi connectivity index (χ0) is 70.4. The van der Waals surface area contributed by atoms with E-state index in [4.69, 9.17) is 44.6 Å². The van der Waals surface area contributed by atoms with E-state index in [9.17, 15) is 80.5 Å². The molecule has 37 heteroatoms. The lowest BCUT2D eigenvalue weighted by Gasteiger charge is -2.49. The lowest BCUT2D eigenvalue weighted by Crippen LogP contribution is -2.70. The number of ether oxygens (including phenoxy) is 7. The number of hydrogen-bond acceptors (Lipinski definition) is 31. The second-order valence-corrected chi connectivity index (χ2v) is 25.6. The molecule has 0 spiro atoms. The molecule has 0 bridgehead atoms. The van der Waals surface area contributed by atoms with E-state index in [1.165, 1.54) is 24.3 Å². The number of nitrogens with two attached hydrogens (primary N) is 2. The molecule has 7 aliphatic heterocycles. The third-order valence-corrected chi connectivity index (χ3v) is 19.0. The van der Waals surface area contributed by atoms with Gasteiger partial charge < -0.3 is 148 Å². The number of fused-ring (bicyclic) bond motifs is 1. The van der Waals surface area contributed by atoms with E-state index < -0.39 is 239 Å². The van der Waals surface area contributed by atoms with E-state index >= 15 is 9.59 Å². The van der Waals surface area contributed by atoms with Gasteiger partial charge >= 0.3 is 0 Å². The first-order valence-electron chi connectivity index (χ1n) is 32.5. The van der Waals surface area contributed by atoms with Gasteiger partial charge in [-0.1, -0.05) is 68.7 Å². The van der Waals surface area contributed by atoms with Crippen LogP contribution in [0.3, 0.4) is 0 Å². The number of nitrogens with one attached hydrogen (secondary N) is 7. The van der Waals surface area contributed by atoms with Crippen LogP contribution < -0.4 is 53.4 Å². The summed E-state index contributed by atoms with van der Waals surface area (Å²) in [5.74, 6) is -8.76. The summed E-state index contributed by atoms with van der Waals surface area (Å²) in [6.45, 7) is -2.98. The molecule has 0 radical (unpaired) electrons. The van der Waals surface area contributed by atoms with Crippen LogP contribution in [0.5, 0.6) is 5.75 Å². The van der Waals surface area contributed by atoms with Gasteiger partial charge in [0.05, 0.1) is 51.6 Å². The molecule has 98 heavy (non-hydrogen) atoms. The fraction of sp³-hybridized carbons (Fsp3) is 0.672. The molecule has 2 aromatic rings. The average Bonchev–Trinajstić information content (AvgIpc) is 1.29. The Balaban J connectivity index is 0.909. The molecule has 1 unspecified atom stereocenters. The maximum absolute atomic E-state index is 15.2. The lowest BCUT2D eigenvalue weighted by atomic mass is 9.88. The maximum atomic E-state index is 15.2. The number of aliphatic hydroxyl groups excluding tert-OH is 12. The average molecular weight is 1390 g/mol. The highest BCUT2D eigenvalue weighted by atomic mass is 16.8. The van der Waals surface area contributed by atoms with Crippen molar-refractivity contribution in [3.8, 4) is 5.75 Å². The topological polar surface area (TPSA) is 574 Å². The van der Waals surface area contributed by atoms with E-state index in [1.54, 1.807) is 37.3 Å². The number of guanidine groups is 2. The maximum Gasteiger partial charge on any atom is 0.246 e. The van der Waals surface area contributed by atoms with Gasteiger partial charge in [0, 0.05) is 24.8 Å². The molecule has 10 rings (SSSR count). The van der Waals surface area contributed by atoms with Crippen molar-refractivity contribution in [2.45, 2.75) is 204 Å². The van der Waals surface area contributed by atoms with Crippen LogP contribution in [-0.4, -0.2) is 312 Å². The summed E-state index contributed by atoms with van der Waals surface area (Å²) in [6.07, 6.45) is -25.0. The summed E-state index contributed by atoms with van der Waals surface area (Å²) in [7, 11) is 0. The van der Waals surface area contributed by atoms with Gasteiger partial charge in [0.2, 0.25) is 41.7 Å². The summed E-state index contributed by atoms with van der Waals surface area (Å²) in [5, 5.41) is 150. The Morgan fingerprint density at radius 3 is 1.96 bits per heavy atom. The Labute approximate surface area is 560 Å². The molecule has 1 aliphatic carbocycles. The van der Waals surface area contributed by atoms with E-state index in [1.807, 2.05) is 0 Å². The zero-order valence-corrected chi connectivity index (χ0v) is 53.1. The Kier molecular flexibility index (Phi) is 24.4. The van der Waals surface area contributed by atoms with Crippen LogP contribution in [0.1, 0.15) is 56.1 Å². The molecule has 7 heterocycles. The van der Waals surface area contributed by atoms with Crippen LogP contribution in [0.15, 0.2) is 64.6 Å². The van der Waals surface area contributed by atoms with Crippen molar-refractivity contribution in [2.75, 3.05) is 46.1 Å². The fourth-order valence-electron chi connectivity index (χ4n) is 13.4. The number of amides is 6. The first kappa shape index (κ1) is 73.6. The first-order chi connectivity index (χ1) is 46.9. The molecular weight excluding hydrogens is 1300 g/mol. The van der Waals surface area contributed by atoms with Gasteiger partial charge in [-0.25, -0.2) is 4.99 Å². The highest BCUT2D eigenvalue weighted by molar-refractivity contribution is 5.98. The first-order valence-corrected chi connectivity index (χ1v) is 32.5. The second kappa shape index (κ2) is 32.5. The minimum absolute atomic E-state index is 0.00470. The molecule has 26 atom stereocenters. The molecule has 0 aromatic heterocycles. The predicted molar refractivity (Wildman–Crippen MR) is 331 cm³/mol. The van der Waals surface area contributed by atoms with Crippen molar-refractivity contribution < 1.29 is 123 Å². The standard InChI is InChI=1S/C61H88N12O25/c1-24(26-8-4-2-5-9-26)37-53(89)67-29(16-25-12-14-28(15-13-25)93-58-47(85)44(82)49(34(22-76)95-58)98-59-48(86)45(83)50-35(96-59)23-92-57(97-50)27-10-6-3-7-11-27)52(88)71-38(40(78)30-17-65-60(62)69-30)55(91)72-39(54(90)68-31(20-74)51(87)64-19-36(77)70-37)41(79)32-18-66-61(63)73(32)56-46(84)43(81)42(80)33(21-75)94-56/h2,4-5,8-9,12-15,24,27,29-35,37-50,56-59,74-76,78-86H,3,6-7,10-11,16-23H2,1H3,(H2,63,66)(H,64,87)(H,67,89)(H,68,90)(H,70,77)(H,71,88)(H,72,91)(H3,62,65,69)/t24-,29+,30-,31-,32-,33+,34+,35+,37-,38-,39+,40-,41-,42+,43-,44+,45+,46-,47-,48-,49+,50+,56-,57?,58-,59+/m0/s1. The number of aliphatic hydroxyl groups is 12. The monoisotopic (exact) mass is 1390 g/mol. The number of carbonyl (C=O) groups excluding carboxylic acids is 6. The number of benzene rings is 2. The zero-order valence-electron chi connectivity index (χ0n) is 53.1. The van der Waals surface area contributed by atoms with Gasteiger partial charge in [-0.3, -0.25) is 33.8 Å². The largest absolute Gasteiger partial charge is 0.462 e. The summed E-state index contributed by atoms with van der Waals surface area (Å²) in [5.41, 5.74) is 12.9. The van der Waals surface area contributed by atoms with Crippen LogP contribution in [0.4, 0.5) is 0 Å². The van der Waals surface area contributed by atoms with Gasteiger partial charge in [0.25, 0.3) is 0 Å². The molecule has 37 nitrogen and oxygen atoms in total. The molecule has 5 saturated heterocycles. The van der Waals surface area contributed by atoms with Gasteiger partial charge in [-0.15, -0.1) is 0 Å². The quantitative estimate of drug-likeness (QED) is 0.0699. The van der Waals surface area contributed by atoms with E-state index in [-0.39, 0.29) is 36.3 Å². The van der Waals surface area contributed by atoms with Crippen LogP contribution >= 0.6 is 0 Å². The van der Waals surface area contributed by atoms with E-state index in [0.717, 1.165) is 37.0 Å². The Morgan fingerprint density at radius 2 is 1.29 bits per heavy atom. The van der Waals surface area contributed by atoms with E-state index in [0.29, 0.717) is 5.56 Å². The number of rotatable bonds is 17. The predicted octanol–water partition coefficient (Wildman–Crippen LogP) is -10.6. The molecule has 1 saturated carbocycles. The SMILES string of the molecule is C[C@@H](c1ccccc1)[C@@H]1NC(=O)CNC(=O)[C@H](CO)NC(=O)[C@@H]([C@@H](O)[C@@H]2CN=C(N)N2[C@H]2O[C@H](CO)[C@@H](O)[C@H](O)[C@@H]2O)NC(=O)[C@H]([C@@H](O)[C@@H]2CNC(N)=N2)NC(=O)[C@@H](Cc2ccc(O[C@H]3O[C@H](CO)[C@@H](O[C@H]4O[C@@H]5COC(C6CCCCC6)O[C@H]5[C@H](O)[C@@H]4O)[C@H](O)[C@@H]3O)cc2)NC1=O. The van der Waals surface area contributed by atoms with Crippen LogP contribution in [0.2, 0.25) is 0 Å². The minimum atomic E-state index is -2.34. The minimum Gasteiger partial charge on any atom is -0.462 e. The van der Waals surface area contributed by atoms with Gasteiger partial charge in [0.15, 0.2) is 30.7 Å². The van der Waals surface area contributed by atoms with Crippen molar-refractivity contribution in [3.63, 3.8) is 0 Å². The Bertz CT molecular complexity index is 3140. The smallest absolute Gasteiger partial charge is 0.246 e. The number of aliphatic imine (C=N–C) groups is 2. The number of nitrogens with zero attached hydrogens (tertiary/aromatic N) is 3. The number of carbonyl (C=O) groups is 6. The summed E-state index contributed by atoms with van der Waals surface area (Å²) in [4.78, 5) is 96.6. The van der Waals surface area contributed by atoms with Gasteiger partial charge in [0.1, 0.15) is 121 Å². The summed E-state index contributed by atoms with van der Waals surface area (Å²) < 4.78 is 41.6. The van der Waals surface area contributed by atoms with Gasteiger partial charge in [-0.2, -0.15) is 0 Å². The summed E-state index contributed by atoms with van der Waals surface area (Å²) >= 11 is 0. The van der Waals surface area contributed by atoms with Crippen molar-refractivity contribution in [1.29, 1.82) is 0 Å². The van der Waals surface area contributed by atoms with Crippen LogP contribution in [0.25, 0.3) is 0 Å². The van der Waals surface area contributed by atoms with Crippen molar-refractivity contribution in [1.82, 2.24) is 42.1 Å². The second-order valence-electron chi connectivity index (χ2n) is 25.6. The highest BCUT2D eigenvalue weighted by Crippen LogP contribution is 2.38. The third-order valence-electron chi connectivity index (χ3n) is 19.0. The Morgan fingerprint density at radius 1 is 0.633 bits per heavy atom. The summed E-state index contributed by atoms with van der Waals surface area (Å²) in [6, 6.07) is 1.02. The van der Waals surface area contributed by atoms with Gasteiger partial charge in [-0.05, 0) is 36.1 Å². The molecule has 8 aliphatic rings. The van der Waals surface area contributed by atoms with Crippen LogP contribution in [-0.2, 0) is 63.6 Å². The van der Waals surface area contributed by atoms with Crippen molar-refractivity contribution >= 4 is 47.4 Å². The van der Waals surface area contributed by atoms with Crippen LogP contribution in [0, 0.1) is 5.92 Å². The number of hydrogen-bond donors (Lipinski definition) is 21. The van der Waals surface area contributed by atoms with Crippen molar-refractivity contribution in [2.24, 2.45) is 27.4 Å².